The molecular weight excluding hydrogens is 557 g/mol. The molecule has 0 saturated heterocycles. The van der Waals surface area contributed by atoms with E-state index >= 15 is 0 Å². The first kappa shape index (κ1) is 25.0. The van der Waals surface area contributed by atoms with Crippen molar-refractivity contribution in [1.82, 2.24) is 25.3 Å². The molecule has 37 heavy (non-hydrogen) atoms. The second kappa shape index (κ2) is 9.63. The summed E-state index contributed by atoms with van der Waals surface area (Å²) in [6, 6.07) is 10.4. The van der Waals surface area contributed by atoms with Gasteiger partial charge in [-0.25, -0.2) is 4.68 Å². The minimum atomic E-state index is -4.70. The summed E-state index contributed by atoms with van der Waals surface area (Å²) in [6.45, 7) is 2.19. The lowest BCUT2D eigenvalue weighted by Gasteiger charge is -2.10. The first-order valence-electron chi connectivity index (χ1n) is 11.2. The Morgan fingerprint density at radius 3 is 2.76 bits per heavy atom. The molecule has 1 atom stereocenters. The summed E-state index contributed by atoms with van der Waals surface area (Å²) in [7, 11) is 0. The molecule has 3 heterocycles. The number of carbonyl (C=O) groups is 1. The van der Waals surface area contributed by atoms with Gasteiger partial charge in [-0.3, -0.25) is 4.79 Å². The minimum absolute atomic E-state index is 0.0459. The molecule has 0 unspecified atom stereocenters. The van der Waals surface area contributed by atoms with Crippen LogP contribution in [0.3, 0.4) is 0 Å². The lowest BCUT2D eigenvalue weighted by molar-refractivity contribution is -0.141. The van der Waals surface area contributed by atoms with Crippen LogP contribution in [0, 0.1) is 0 Å². The van der Waals surface area contributed by atoms with Crippen LogP contribution in [-0.4, -0.2) is 38.5 Å². The molecule has 0 aliphatic carbocycles. The average molecular weight is 577 g/mol. The van der Waals surface area contributed by atoms with E-state index in [1.54, 1.807) is 37.3 Å². The van der Waals surface area contributed by atoms with Crippen LogP contribution in [0.1, 0.15) is 23.7 Å². The fourth-order valence-electron chi connectivity index (χ4n) is 3.88. The Morgan fingerprint density at radius 1 is 1.22 bits per heavy atom. The largest absolute Gasteiger partial charge is 0.492 e. The Kier molecular flexibility index (Phi) is 6.50. The zero-order valence-corrected chi connectivity index (χ0v) is 20.9. The summed E-state index contributed by atoms with van der Waals surface area (Å²) in [5.74, 6) is 0.193. The van der Waals surface area contributed by atoms with Crippen LogP contribution in [0.2, 0.25) is 0 Å². The number of nitrogens with zero attached hydrogens (tertiary/aromatic N) is 4. The van der Waals surface area contributed by atoms with E-state index in [1.165, 1.54) is 0 Å². The van der Waals surface area contributed by atoms with Gasteiger partial charge < -0.3 is 20.2 Å². The Labute approximate surface area is 216 Å². The van der Waals surface area contributed by atoms with Crippen molar-refractivity contribution in [3.8, 4) is 34.5 Å². The average Bonchev–Trinajstić information content (AvgIpc) is 3.60. The topological polar surface area (TPSA) is 121 Å². The molecule has 3 N–H and O–H groups in total. The van der Waals surface area contributed by atoms with Gasteiger partial charge in [0.2, 0.25) is 5.91 Å². The lowest BCUT2D eigenvalue weighted by atomic mass is 10.1. The molecule has 0 fully saturated rings. The number of halogens is 4. The number of nitrogens with two attached hydrogens (primary N) is 1. The zero-order valence-electron chi connectivity index (χ0n) is 19.3. The smallest absolute Gasteiger partial charge is 0.435 e. The Balaban J connectivity index is 1.54. The van der Waals surface area contributed by atoms with Gasteiger partial charge >= 0.3 is 6.18 Å². The van der Waals surface area contributed by atoms with Gasteiger partial charge in [0.25, 0.3) is 11.8 Å². The van der Waals surface area contributed by atoms with Crippen molar-refractivity contribution < 1.29 is 27.1 Å². The van der Waals surface area contributed by atoms with Gasteiger partial charge in [-0.1, -0.05) is 28.1 Å². The van der Waals surface area contributed by atoms with Crippen LogP contribution in [0.4, 0.5) is 13.2 Å². The maximum absolute atomic E-state index is 13.6. The highest BCUT2D eigenvalue weighted by Gasteiger charge is 2.36. The highest BCUT2D eigenvalue weighted by atomic mass is 79.9. The summed E-state index contributed by atoms with van der Waals surface area (Å²) in [6.07, 6.45) is -3.99. The van der Waals surface area contributed by atoms with Gasteiger partial charge in [0, 0.05) is 23.5 Å². The Hall–Kier alpha value is -3.71. The minimum Gasteiger partial charge on any atom is -0.492 e. The zero-order chi connectivity index (χ0) is 26.3. The fraction of sp³-hybridized carbons (Fsp3) is 0.250. The molecule has 2 aromatic carbocycles. The van der Waals surface area contributed by atoms with Gasteiger partial charge in [-0.15, -0.1) is 10.2 Å². The standard InChI is InChI=1S/C24H20BrF3N6O3/c1-12(29)21(35)30-11-13-3-2-4-16(7-13)34-18(10-19(33-34)24(26,27)28)23-32-31-22(37-23)17-9-15(25)8-14-5-6-36-20(14)17/h2-4,7-10,12H,5-6,11,29H2,1H3,(H,30,35)/t12-/m0/s1. The molecule has 0 saturated carbocycles. The number of ether oxygens (including phenoxy) is 1. The van der Waals surface area contributed by atoms with E-state index in [9.17, 15) is 18.0 Å². The SMILES string of the molecule is C[C@H](N)C(=O)NCc1cccc(-n2nc(C(F)(F)F)cc2-c2nnc(-c3cc(Br)cc4c3OCC4)o2)c1. The maximum atomic E-state index is 13.6. The number of fused-ring (bicyclic) bond motifs is 1. The predicted octanol–water partition coefficient (Wildman–Crippen LogP) is 4.27. The molecule has 0 spiro atoms. The number of carbonyl (C=O) groups excluding carboxylic acids is 1. The van der Waals surface area contributed by atoms with Crippen molar-refractivity contribution in [3.63, 3.8) is 0 Å². The number of hydrogen-bond acceptors (Lipinski definition) is 7. The van der Waals surface area contributed by atoms with E-state index < -0.39 is 17.9 Å². The molecule has 5 rings (SSSR count). The highest BCUT2D eigenvalue weighted by Crippen LogP contribution is 2.40. The molecule has 1 aliphatic rings. The van der Waals surface area contributed by atoms with Crippen LogP contribution in [0.15, 0.2) is 51.4 Å². The lowest BCUT2D eigenvalue weighted by Crippen LogP contribution is -2.37. The van der Waals surface area contributed by atoms with Gasteiger partial charge in [-0.05, 0) is 42.3 Å². The number of benzene rings is 2. The van der Waals surface area contributed by atoms with E-state index in [2.05, 4.69) is 36.5 Å². The Bertz CT molecular complexity index is 1480. The summed E-state index contributed by atoms with van der Waals surface area (Å²) >= 11 is 3.45. The number of amides is 1. The van der Waals surface area contributed by atoms with Crippen molar-refractivity contribution in [1.29, 1.82) is 0 Å². The summed E-state index contributed by atoms with van der Waals surface area (Å²) in [5.41, 5.74) is 6.84. The predicted molar refractivity (Wildman–Crippen MR) is 130 cm³/mol. The van der Waals surface area contributed by atoms with Gasteiger partial charge in [-0.2, -0.15) is 18.3 Å². The molecule has 192 valence electrons. The summed E-state index contributed by atoms with van der Waals surface area (Å²) in [4.78, 5) is 11.8. The normalized spacial score (nSPS) is 13.8. The third kappa shape index (κ3) is 5.09. The molecular formula is C24H20BrF3N6O3. The quantitative estimate of drug-likeness (QED) is 0.351. The van der Waals surface area contributed by atoms with Crippen molar-refractivity contribution >= 4 is 21.8 Å². The van der Waals surface area contributed by atoms with E-state index in [1.807, 2.05) is 6.07 Å². The number of rotatable bonds is 6. The monoisotopic (exact) mass is 576 g/mol. The molecule has 0 radical (unpaired) electrons. The highest BCUT2D eigenvalue weighted by molar-refractivity contribution is 9.10. The van der Waals surface area contributed by atoms with Crippen molar-refractivity contribution in [2.75, 3.05) is 6.61 Å². The fourth-order valence-corrected chi connectivity index (χ4v) is 4.39. The number of hydrogen-bond donors (Lipinski definition) is 2. The number of aromatic nitrogens is 4. The molecule has 1 amide bonds. The van der Waals surface area contributed by atoms with E-state index in [-0.39, 0.29) is 29.9 Å². The van der Waals surface area contributed by atoms with E-state index in [4.69, 9.17) is 14.9 Å². The van der Waals surface area contributed by atoms with E-state index in [0.29, 0.717) is 35.6 Å². The van der Waals surface area contributed by atoms with Crippen LogP contribution in [0.25, 0.3) is 28.7 Å². The summed E-state index contributed by atoms with van der Waals surface area (Å²) in [5, 5.41) is 14.5. The third-order valence-corrected chi connectivity index (χ3v) is 6.12. The van der Waals surface area contributed by atoms with Crippen molar-refractivity contribution in [2.45, 2.75) is 32.1 Å². The van der Waals surface area contributed by atoms with Crippen LogP contribution in [-0.2, 0) is 23.9 Å². The third-order valence-electron chi connectivity index (χ3n) is 5.66. The Morgan fingerprint density at radius 2 is 2.00 bits per heavy atom. The van der Waals surface area contributed by atoms with Crippen LogP contribution in [0.5, 0.6) is 5.75 Å². The second-order valence-electron chi connectivity index (χ2n) is 8.45. The maximum Gasteiger partial charge on any atom is 0.435 e. The molecule has 2 aromatic heterocycles. The van der Waals surface area contributed by atoms with Crippen LogP contribution < -0.4 is 15.8 Å². The van der Waals surface area contributed by atoms with Crippen LogP contribution >= 0.6 is 15.9 Å². The van der Waals surface area contributed by atoms with Crippen molar-refractivity contribution in [2.24, 2.45) is 5.73 Å². The number of alkyl halides is 3. The molecule has 4 aromatic rings. The molecule has 13 heteroatoms. The van der Waals surface area contributed by atoms with E-state index in [0.717, 1.165) is 20.8 Å². The van der Waals surface area contributed by atoms with Gasteiger partial charge in [0.15, 0.2) is 5.69 Å². The first-order valence-corrected chi connectivity index (χ1v) is 12.0. The molecule has 1 aliphatic heterocycles. The molecule has 9 nitrogen and oxygen atoms in total. The first-order chi connectivity index (χ1) is 17.6. The number of nitrogens with one attached hydrogen (secondary N) is 1. The second-order valence-corrected chi connectivity index (χ2v) is 9.37. The van der Waals surface area contributed by atoms with Gasteiger partial charge in [0.1, 0.15) is 11.4 Å². The summed E-state index contributed by atoms with van der Waals surface area (Å²) < 4.78 is 54.3. The molecule has 0 bridgehead atoms. The van der Waals surface area contributed by atoms with Gasteiger partial charge in [0.05, 0.1) is 23.9 Å². The van der Waals surface area contributed by atoms with Crippen molar-refractivity contribution in [3.05, 3.63) is 63.8 Å².